The van der Waals surface area contributed by atoms with Crippen molar-refractivity contribution in [3.8, 4) is 5.88 Å². The zero-order valence-electron chi connectivity index (χ0n) is 11.6. The fourth-order valence-corrected chi connectivity index (χ4v) is 2.90. The van der Waals surface area contributed by atoms with Crippen molar-refractivity contribution >= 4 is 17.0 Å². The number of thiophene rings is 1. The van der Waals surface area contributed by atoms with Gasteiger partial charge in [0.25, 0.3) is 0 Å². The fraction of sp³-hybridized carbons (Fsp3) is 0.400. The van der Waals surface area contributed by atoms with E-state index in [-0.39, 0.29) is 6.04 Å². The van der Waals surface area contributed by atoms with Gasteiger partial charge in [-0.25, -0.2) is 4.98 Å². The quantitative estimate of drug-likeness (QED) is 0.851. The van der Waals surface area contributed by atoms with Gasteiger partial charge in [-0.05, 0) is 36.4 Å². The number of nitrogens with one attached hydrogen (secondary N) is 1. The molecule has 0 bridgehead atoms. The number of hydrogen-bond acceptors (Lipinski definition) is 4. The molecule has 0 radical (unpaired) electrons. The normalized spacial score (nSPS) is 12.4. The highest BCUT2D eigenvalue weighted by atomic mass is 32.1. The molecule has 1 N–H and O–H groups in total. The zero-order chi connectivity index (χ0) is 13.7. The van der Waals surface area contributed by atoms with E-state index in [1.54, 1.807) is 17.5 Å². The van der Waals surface area contributed by atoms with Gasteiger partial charge < -0.3 is 10.1 Å². The summed E-state index contributed by atoms with van der Waals surface area (Å²) in [5, 5.41) is 5.67. The van der Waals surface area contributed by atoms with Crippen LogP contribution in [-0.4, -0.2) is 11.6 Å². The van der Waals surface area contributed by atoms with Gasteiger partial charge in [-0.1, -0.05) is 19.9 Å². The fourth-order valence-electron chi connectivity index (χ4n) is 1.95. The molecule has 0 fully saturated rings. The average Bonchev–Trinajstić information content (AvgIpc) is 2.91. The van der Waals surface area contributed by atoms with E-state index < -0.39 is 0 Å². The van der Waals surface area contributed by atoms with Crippen LogP contribution in [-0.2, 0) is 0 Å². The van der Waals surface area contributed by atoms with Crippen LogP contribution in [0.2, 0.25) is 0 Å². The van der Waals surface area contributed by atoms with Crippen LogP contribution in [0.3, 0.4) is 0 Å². The van der Waals surface area contributed by atoms with Crippen LogP contribution >= 0.6 is 11.3 Å². The summed E-state index contributed by atoms with van der Waals surface area (Å²) in [6.45, 7) is 7.02. The number of rotatable bonds is 6. The summed E-state index contributed by atoms with van der Waals surface area (Å²) < 4.78 is 5.56. The molecule has 3 nitrogen and oxygen atoms in total. The van der Waals surface area contributed by atoms with Crippen LogP contribution in [0.15, 0.2) is 35.8 Å². The molecule has 0 spiro atoms. The van der Waals surface area contributed by atoms with Gasteiger partial charge in [0.05, 0.1) is 18.3 Å². The van der Waals surface area contributed by atoms with E-state index in [0.717, 1.165) is 5.69 Å². The minimum Gasteiger partial charge on any atom is -0.476 e. The largest absolute Gasteiger partial charge is 0.476 e. The van der Waals surface area contributed by atoms with Crippen molar-refractivity contribution in [2.24, 2.45) is 5.92 Å². The predicted octanol–water partition coefficient (Wildman–Crippen LogP) is 4.35. The lowest BCUT2D eigenvalue weighted by atomic mass is 10.0. The molecular formula is C15H20N2OS. The molecule has 4 heteroatoms. The first-order valence-corrected chi connectivity index (χ1v) is 7.48. The van der Waals surface area contributed by atoms with Gasteiger partial charge >= 0.3 is 0 Å². The van der Waals surface area contributed by atoms with Crippen molar-refractivity contribution in [3.63, 3.8) is 0 Å². The number of nitrogens with zero attached hydrogens (tertiary/aromatic N) is 1. The third-order valence-electron chi connectivity index (χ3n) is 2.88. The Kier molecular flexibility index (Phi) is 4.80. The van der Waals surface area contributed by atoms with Gasteiger partial charge in [0.15, 0.2) is 0 Å². The highest BCUT2D eigenvalue weighted by Crippen LogP contribution is 2.32. The first kappa shape index (κ1) is 13.9. The third-order valence-corrected chi connectivity index (χ3v) is 3.83. The maximum atomic E-state index is 5.56. The predicted molar refractivity (Wildman–Crippen MR) is 80.9 cm³/mol. The molecular weight excluding hydrogens is 256 g/mol. The van der Waals surface area contributed by atoms with E-state index in [2.05, 4.69) is 41.7 Å². The van der Waals surface area contributed by atoms with Gasteiger partial charge in [0, 0.05) is 11.1 Å². The smallest absolute Gasteiger partial charge is 0.237 e. The molecule has 0 aliphatic carbocycles. The standard InChI is InChI=1S/C15H20N2OS/c1-4-18-15-12(7-5-9-16-15)17-14(11(2)3)13-8-6-10-19-13/h5-11,14,17H,4H2,1-3H3. The monoisotopic (exact) mass is 276 g/mol. The maximum absolute atomic E-state index is 5.56. The molecule has 2 aromatic rings. The van der Waals surface area contributed by atoms with Gasteiger partial charge in [0.1, 0.15) is 0 Å². The Morgan fingerprint density at radius 1 is 1.32 bits per heavy atom. The lowest BCUT2D eigenvalue weighted by Crippen LogP contribution is -2.16. The summed E-state index contributed by atoms with van der Waals surface area (Å²) in [6, 6.07) is 8.48. The van der Waals surface area contributed by atoms with E-state index in [9.17, 15) is 0 Å². The molecule has 19 heavy (non-hydrogen) atoms. The van der Waals surface area contributed by atoms with Gasteiger partial charge in [0.2, 0.25) is 5.88 Å². The first-order valence-electron chi connectivity index (χ1n) is 6.60. The van der Waals surface area contributed by atoms with Crippen molar-refractivity contribution in [1.29, 1.82) is 0 Å². The van der Waals surface area contributed by atoms with Crippen molar-refractivity contribution in [1.82, 2.24) is 4.98 Å². The molecule has 1 unspecified atom stereocenters. The van der Waals surface area contributed by atoms with E-state index in [4.69, 9.17) is 4.74 Å². The minimum atomic E-state index is 0.281. The van der Waals surface area contributed by atoms with Crippen LogP contribution in [0.25, 0.3) is 0 Å². The summed E-state index contributed by atoms with van der Waals surface area (Å²) in [5.41, 5.74) is 0.955. The Morgan fingerprint density at radius 2 is 2.16 bits per heavy atom. The Labute approximate surface area is 118 Å². The minimum absolute atomic E-state index is 0.281. The Bertz CT molecular complexity index is 497. The number of pyridine rings is 1. The van der Waals surface area contributed by atoms with E-state index in [1.165, 1.54) is 4.88 Å². The SMILES string of the molecule is CCOc1ncccc1NC(c1cccs1)C(C)C. The van der Waals surface area contributed by atoms with Gasteiger partial charge in [-0.15, -0.1) is 11.3 Å². The van der Waals surface area contributed by atoms with Crippen LogP contribution in [0.5, 0.6) is 5.88 Å². The summed E-state index contributed by atoms with van der Waals surface area (Å²) >= 11 is 1.77. The molecule has 1 atom stereocenters. The number of aromatic nitrogens is 1. The second-order valence-electron chi connectivity index (χ2n) is 4.67. The molecule has 0 aromatic carbocycles. The average molecular weight is 276 g/mol. The molecule has 2 aromatic heterocycles. The highest BCUT2D eigenvalue weighted by molar-refractivity contribution is 7.10. The van der Waals surface area contributed by atoms with E-state index in [1.807, 2.05) is 19.1 Å². The molecule has 0 aliphatic heterocycles. The molecule has 0 amide bonds. The Morgan fingerprint density at radius 3 is 2.79 bits per heavy atom. The van der Waals surface area contributed by atoms with Crippen LogP contribution in [0.1, 0.15) is 31.7 Å². The summed E-state index contributed by atoms with van der Waals surface area (Å²) in [7, 11) is 0. The van der Waals surface area contributed by atoms with Crippen LogP contribution < -0.4 is 10.1 Å². The lowest BCUT2D eigenvalue weighted by molar-refractivity contribution is 0.328. The van der Waals surface area contributed by atoms with Crippen LogP contribution in [0, 0.1) is 5.92 Å². The molecule has 0 saturated heterocycles. The van der Waals surface area contributed by atoms with Crippen molar-refractivity contribution in [2.45, 2.75) is 26.8 Å². The molecule has 2 rings (SSSR count). The lowest BCUT2D eigenvalue weighted by Gasteiger charge is -2.23. The molecule has 0 saturated carbocycles. The van der Waals surface area contributed by atoms with Gasteiger partial charge in [-0.3, -0.25) is 0 Å². The number of hydrogen-bond donors (Lipinski definition) is 1. The second kappa shape index (κ2) is 6.57. The summed E-state index contributed by atoms with van der Waals surface area (Å²) in [5.74, 6) is 1.17. The van der Waals surface area contributed by atoms with Crippen molar-refractivity contribution in [2.75, 3.05) is 11.9 Å². The van der Waals surface area contributed by atoms with Crippen molar-refractivity contribution < 1.29 is 4.74 Å². The highest BCUT2D eigenvalue weighted by Gasteiger charge is 2.18. The number of ether oxygens (including phenoxy) is 1. The van der Waals surface area contributed by atoms with Crippen molar-refractivity contribution in [3.05, 3.63) is 40.7 Å². The molecule has 102 valence electrons. The topological polar surface area (TPSA) is 34.1 Å². The summed E-state index contributed by atoms with van der Waals surface area (Å²) in [6.07, 6.45) is 1.76. The summed E-state index contributed by atoms with van der Waals surface area (Å²) in [4.78, 5) is 5.62. The Hall–Kier alpha value is -1.55. The maximum Gasteiger partial charge on any atom is 0.237 e. The first-order chi connectivity index (χ1) is 9.22. The Balaban J connectivity index is 2.22. The molecule has 0 aliphatic rings. The zero-order valence-corrected chi connectivity index (χ0v) is 12.4. The van der Waals surface area contributed by atoms with E-state index in [0.29, 0.717) is 18.4 Å². The van der Waals surface area contributed by atoms with Gasteiger partial charge in [-0.2, -0.15) is 0 Å². The molecule has 2 heterocycles. The van der Waals surface area contributed by atoms with E-state index >= 15 is 0 Å². The third kappa shape index (κ3) is 3.47. The number of anilines is 1. The van der Waals surface area contributed by atoms with Crippen LogP contribution in [0.4, 0.5) is 5.69 Å². The second-order valence-corrected chi connectivity index (χ2v) is 5.65.